The molecule has 0 aliphatic rings. The lowest BCUT2D eigenvalue weighted by molar-refractivity contribution is -0.157. The number of amides is 4. The first kappa shape index (κ1) is 22.6. The highest BCUT2D eigenvalue weighted by molar-refractivity contribution is 7.12. The van der Waals surface area contributed by atoms with Crippen LogP contribution < -0.4 is 16.0 Å². The van der Waals surface area contributed by atoms with Gasteiger partial charge in [-0.15, -0.1) is 11.3 Å². The van der Waals surface area contributed by atoms with Crippen LogP contribution in [0.1, 0.15) is 51.2 Å². The molecule has 0 bridgehead atoms. The summed E-state index contributed by atoms with van der Waals surface area (Å²) in [4.78, 5) is 48.8. The Morgan fingerprint density at radius 3 is 2.22 bits per heavy atom. The van der Waals surface area contributed by atoms with E-state index in [-0.39, 0.29) is 11.8 Å². The molecule has 0 fully saturated rings. The molecule has 0 spiro atoms. The molecule has 0 aliphatic heterocycles. The zero-order valence-corrected chi connectivity index (χ0v) is 17.2. The predicted octanol–water partition coefficient (Wildman–Crippen LogP) is 2.06. The van der Waals surface area contributed by atoms with Crippen LogP contribution in [0.25, 0.3) is 0 Å². The second kappa shape index (κ2) is 9.50. The van der Waals surface area contributed by atoms with E-state index in [0.29, 0.717) is 4.88 Å². The van der Waals surface area contributed by atoms with Crippen molar-refractivity contribution in [2.45, 2.75) is 59.2 Å². The normalized spacial score (nSPS) is 13.4. The average molecular weight is 397 g/mol. The molecule has 2 atom stereocenters. The second-order valence-electron chi connectivity index (χ2n) is 7.44. The van der Waals surface area contributed by atoms with Gasteiger partial charge in [0.15, 0.2) is 6.10 Å². The quantitative estimate of drug-likeness (QED) is 0.636. The maximum atomic E-state index is 12.4. The molecule has 1 aromatic heterocycles. The van der Waals surface area contributed by atoms with Crippen LogP contribution in [0.15, 0.2) is 17.5 Å². The second-order valence-corrected chi connectivity index (χ2v) is 8.39. The van der Waals surface area contributed by atoms with Crippen molar-refractivity contribution in [3.8, 4) is 0 Å². The van der Waals surface area contributed by atoms with Crippen LogP contribution in [-0.2, 0) is 14.3 Å². The van der Waals surface area contributed by atoms with Crippen LogP contribution in [0.4, 0.5) is 4.79 Å². The SMILES string of the molecule is CC(C)[C@H](NC(=O)c1cccs1)C(=O)O[C@H](C)C(=O)NC(=O)NC(C)(C)C. The smallest absolute Gasteiger partial charge is 0.329 e. The number of imide groups is 1. The topological polar surface area (TPSA) is 114 Å². The summed E-state index contributed by atoms with van der Waals surface area (Å²) in [5.41, 5.74) is -0.515. The predicted molar refractivity (Wildman–Crippen MR) is 102 cm³/mol. The molecule has 9 heteroatoms. The first-order valence-corrected chi connectivity index (χ1v) is 9.46. The fraction of sp³-hybridized carbons (Fsp3) is 0.556. The lowest BCUT2D eigenvalue weighted by Crippen LogP contribution is -2.52. The van der Waals surface area contributed by atoms with Gasteiger partial charge in [0.2, 0.25) is 0 Å². The Morgan fingerprint density at radius 2 is 1.74 bits per heavy atom. The molecule has 0 saturated carbocycles. The molecule has 1 heterocycles. The largest absolute Gasteiger partial charge is 0.451 e. The number of esters is 1. The van der Waals surface area contributed by atoms with Gasteiger partial charge in [-0.05, 0) is 45.1 Å². The minimum atomic E-state index is -1.19. The number of rotatable bonds is 6. The summed E-state index contributed by atoms with van der Waals surface area (Å²) in [6.07, 6.45) is -1.19. The first-order chi connectivity index (χ1) is 12.4. The zero-order valence-electron chi connectivity index (χ0n) is 16.4. The number of ether oxygens (including phenoxy) is 1. The van der Waals surface area contributed by atoms with Crippen molar-refractivity contribution in [2.75, 3.05) is 0 Å². The molecular weight excluding hydrogens is 370 g/mol. The number of carbonyl (C=O) groups is 4. The molecular formula is C18H27N3O5S. The summed E-state index contributed by atoms with van der Waals surface area (Å²) in [6.45, 7) is 10.2. The van der Waals surface area contributed by atoms with Gasteiger partial charge in [0.1, 0.15) is 6.04 Å². The van der Waals surface area contributed by atoms with E-state index in [1.807, 2.05) is 0 Å². The van der Waals surface area contributed by atoms with Crippen LogP contribution in [-0.4, -0.2) is 41.5 Å². The van der Waals surface area contributed by atoms with E-state index in [0.717, 1.165) is 0 Å². The van der Waals surface area contributed by atoms with Crippen molar-refractivity contribution >= 4 is 35.2 Å². The van der Waals surface area contributed by atoms with Gasteiger partial charge in [0.25, 0.3) is 11.8 Å². The number of nitrogens with one attached hydrogen (secondary N) is 3. The van der Waals surface area contributed by atoms with Crippen molar-refractivity contribution in [1.82, 2.24) is 16.0 Å². The number of urea groups is 1. The van der Waals surface area contributed by atoms with Gasteiger partial charge in [0, 0.05) is 5.54 Å². The standard InChI is InChI=1S/C18H27N3O5S/c1-10(2)13(19-15(23)12-8-7-9-27-12)16(24)26-11(3)14(22)20-17(25)21-18(4,5)6/h7-11,13H,1-6H3,(H,19,23)(H2,20,21,22,25)/t11-,13+/m1/s1. The third-order valence-electron chi connectivity index (χ3n) is 3.34. The number of hydrogen-bond acceptors (Lipinski definition) is 6. The molecule has 8 nitrogen and oxygen atoms in total. The third-order valence-corrected chi connectivity index (χ3v) is 4.21. The summed E-state index contributed by atoms with van der Waals surface area (Å²) in [5.74, 6) is -2.13. The lowest BCUT2D eigenvalue weighted by Gasteiger charge is -2.23. The van der Waals surface area contributed by atoms with E-state index in [2.05, 4.69) is 16.0 Å². The molecule has 3 N–H and O–H groups in total. The van der Waals surface area contributed by atoms with Gasteiger partial charge >= 0.3 is 12.0 Å². The summed E-state index contributed by atoms with van der Waals surface area (Å²) in [5, 5.41) is 9.07. The lowest BCUT2D eigenvalue weighted by atomic mass is 10.0. The molecule has 1 rings (SSSR count). The molecule has 0 aliphatic carbocycles. The van der Waals surface area contributed by atoms with Crippen LogP contribution >= 0.6 is 11.3 Å². The Balaban J connectivity index is 2.65. The maximum Gasteiger partial charge on any atom is 0.329 e. The third kappa shape index (κ3) is 7.78. The monoisotopic (exact) mass is 397 g/mol. The molecule has 27 heavy (non-hydrogen) atoms. The Labute approximate surface area is 163 Å². The number of carbonyl (C=O) groups excluding carboxylic acids is 4. The van der Waals surface area contributed by atoms with E-state index in [9.17, 15) is 19.2 Å². The zero-order chi connectivity index (χ0) is 20.8. The fourth-order valence-electron chi connectivity index (χ4n) is 2.00. The summed E-state index contributed by atoms with van der Waals surface area (Å²) < 4.78 is 5.14. The average Bonchev–Trinajstić information content (AvgIpc) is 3.04. The maximum absolute atomic E-state index is 12.4. The van der Waals surface area contributed by atoms with Crippen molar-refractivity contribution < 1.29 is 23.9 Å². The molecule has 0 aromatic carbocycles. The molecule has 1 aromatic rings. The molecule has 0 radical (unpaired) electrons. The Morgan fingerprint density at radius 1 is 1.11 bits per heavy atom. The Hall–Kier alpha value is -2.42. The van der Waals surface area contributed by atoms with Crippen molar-refractivity contribution in [3.05, 3.63) is 22.4 Å². The van der Waals surface area contributed by atoms with Crippen LogP contribution in [0.3, 0.4) is 0 Å². The molecule has 150 valence electrons. The minimum Gasteiger partial charge on any atom is -0.451 e. The van der Waals surface area contributed by atoms with E-state index in [1.54, 1.807) is 52.1 Å². The number of hydrogen-bond donors (Lipinski definition) is 3. The van der Waals surface area contributed by atoms with Crippen molar-refractivity contribution in [2.24, 2.45) is 5.92 Å². The van der Waals surface area contributed by atoms with E-state index < -0.39 is 35.6 Å². The van der Waals surface area contributed by atoms with E-state index in [4.69, 9.17) is 4.74 Å². The number of thiophene rings is 1. The highest BCUT2D eigenvalue weighted by Gasteiger charge is 2.30. The van der Waals surface area contributed by atoms with Gasteiger partial charge < -0.3 is 15.4 Å². The first-order valence-electron chi connectivity index (χ1n) is 8.58. The molecule has 0 unspecified atom stereocenters. The summed E-state index contributed by atoms with van der Waals surface area (Å²) in [6, 6.07) is 1.78. The van der Waals surface area contributed by atoms with Gasteiger partial charge in [-0.2, -0.15) is 0 Å². The van der Waals surface area contributed by atoms with Gasteiger partial charge in [-0.3, -0.25) is 14.9 Å². The summed E-state index contributed by atoms with van der Waals surface area (Å²) >= 11 is 1.25. The Bertz CT molecular complexity index is 680. The van der Waals surface area contributed by atoms with Gasteiger partial charge in [-0.25, -0.2) is 9.59 Å². The van der Waals surface area contributed by atoms with Crippen LogP contribution in [0, 0.1) is 5.92 Å². The highest BCUT2D eigenvalue weighted by Crippen LogP contribution is 2.11. The minimum absolute atomic E-state index is 0.249. The molecule has 0 saturated heterocycles. The Kier molecular flexibility index (Phi) is 7.96. The van der Waals surface area contributed by atoms with Crippen molar-refractivity contribution in [1.29, 1.82) is 0 Å². The van der Waals surface area contributed by atoms with Gasteiger partial charge in [-0.1, -0.05) is 19.9 Å². The van der Waals surface area contributed by atoms with E-state index in [1.165, 1.54) is 18.3 Å². The van der Waals surface area contributed by atoms with E-state index >= 15 is 0 Å². The van der Waals surface area contributed by atoms with Crippen LogP contribution in [0.2, 0.25) is 0 Å². The highest BCUT2D eigenvalue weighted by atomic mass is 32.1. The van der Waals surface area contributed by atoms with Crippen molar-refractivity contribution in [3.63, 3.8) is 0 Å². The summed E-state index contributed by atoms with van der Waals surface area (Å²) in [7, 11) is 0. The van der Waals surface area contributed by atoms with Gasteiger partial charge in [0.05, 0.1) is 4.88 Å². The van der Waals surface area contributed by atoms with Crippen LogP contribution in [0.5, 0.6) is 0 Å². The fourth-order valence-corrected chi connectivity index (χ4v) is 2.63. The molecule has 4 amide bonds.